The highest BCUT2D eigenvalue weighted by molar-refractivity contribution is 5.80. The van der Waals surface area contributed by atoms with Crippen molar-refractivity contribution in [3.63, 3.8) is 0 Å². The molecule has 0 saturated carbocycles. The molecule has 2 aliphatic rings. The first kappa shape index (κ1) is 19.8. The van der Waals surface area contributed by atoms with Crippen LogP contribution in [0.15, 0.2) is 42.5 Å². The van der Waals surface area contributed by atoms with Gasteiger partial charge in [0.05, 0.1) is 5.92 Å². The monoisotopic (exact) mass is 418 g/mol. The van der Waals surface area contributed by atoms with E-state index >= 15 is 0 Å². The summed E-state index contributed by atoms with van der Waals surface area (Å²) in [4.78, 5) is 20.1. The largest absolute Gasteiger partial charge is 0.368 e. The third kappa shape index (κ3) is 3.73. The summed E-state index contributed by atoms with van der Waals surface area (Å²) in [5, 5.41) is 8.77. The fourth-order valence-electron chi connectivity index (χ4n) is 4.99. The molecule has 3 aromatic rings. The number of para-hydroxylation sites is 1. The number of benzene rings is 1. The first-order valence-corrected chi connectivity index (χ1v) is 11.3. The lowest BCUT2D eigenvalue weighted by Crippen LogP contribution is -2.53. The zero-order valence-electron chi connectivity index (χ0n) is 18.4. The van der Waals surface area contributed by atoms with E-state index in [-0.39, 0.29) is 5.92 Å². The van der Waals surface area contributed by atoms with E-state index in [0.717, 1.165) is 62.9 Å². The molecule has 2 aromatic heterocycles. The third-order valence-corrected chi connectivity index (χ3v) is 6.71. The number of hydrogen-bond acceptors (Lipinski definition) is 5. The molecule has 0 spiro atoms. The number of fused-ring (bicyclic) bond motifs is 1. The van der Waals surface area contributed by atoms with Crippen molar-refractivity contribution >= 4 is 23.2 Å². The lowest BCUT2D eigenvalue weighted by Gasteiger charge is -2.40. The van der Waals surface area contributed by atoms with E-state index in [4.69, 9.17) is 0 Å². The van der Waals surface area contributed by atoms with Crippen molar-refractivity contribution in [1.82, 2.24) is 19.5 Å². The molecular formula is C24H30N6O. The molecule has 1 atom stereocenters. The molecule has 31 heavy (non-hydrogen) atoms. The number of pyridine rings is 1. The van der Waals surface area contributed by atoms with E-state index in [0.29, 0.717) is 12.5 Å². The Hall–Kier alpha value is -3.09. The second-order valence-corrected chi connectivity index (χ2v) is 8.74. The smallest absolute Gasteiger partial charge is 0.231 e. The van der Waals surface area contributed by atoms with E-state index in [2.05, 4.69) is 73.5 Å². The fourth-order valence-corrected chi connectivity index (χ4v) is 4.99. The highest BCUT2D eigenvalue weighted by Crippen LogP contribution is 2.26. The zero-order chi connectivity index (χ0) is 21.4. The van der Waals surface area contributed by atoms with Crippen LogP contribution in [0.3, 0.4) is 0 Å². The van der Waals surface area contributed by atoms with E-state index in [1.165, 1.54) is 11.3 Å². The lowest BCUT2D eigenvalue weighted by atomic mass is 9.96. The predicted octanol–water partition coefficient (Wildman–Crippen LogP) is 2.91. The number of aryl methyl sites for hydroxylation is 2. The van der Waals surface area contributed by atoms with Crippen LogP contribution >= 0.6 is 0 Å². The van der Waals surface area contributed by atoms with Crippen LogP contribution in [0.2, 0.25) is 0 Å². The molecule has 2 aliphatic heterocycles. The number of piperidine rings is 1. The number of carbonyl (C=O) groups excluding carboxylic acids is 1. The van der Waals surface area contributed by atoms with Gasteiger partial charge in [0.2, 0.25) is 11.9 Å². The molecule has 7 heteroatoms. The Balaban J connectivity index is 1.26. The van der Waals surface area contributed by atoms with Gasteiger partial charge in [0.15, 0.2) is 5.65 Å². The molecule has 0 radical (unpaired) electrons. The summed E-state index contributed by atoms with van der Waals surface area (Å²) in [7, 11) is 0. The van der Waals surface area contributed by atoms with E-state index in [1.54, 1.807) is 0 Å². The minimum atomic E-state index is 0.0233. The van der Waals surface area contributed by atoms with Crippen LogP contribution < -0.4 is 9.80 Å². The Kier molecular flexibility index (Phi) is 5.26. The van der Waals surface area contributed by atoms with Crippen molar-refractivity contribution in [1.29, 1.82) is 0 Å². The summed E-state index contributed by atoms with van der Waals surface area (Å²) < 4.78 is 2.09. The Morgan fingerprint density at radius 1 is 0.903 bits per heavy atom. The minimum absolute atomic E-state index is 0.0233. The highest BCUT2D eigenvalue weighted by atomic mass is 16.2. The molecule has 0 bridgehead atoms. The first-order valence-electron chi connectivity index (χ1n) is 11.3. The number of rotatable bonds is 3. The van der Waals surface area contributed by atoms with Crippen molar-refractivity contribution in [2.45, 2.75) is 26.7 Å². The molecule has 4 heterocycles. The van der Waals surface area contributed by atoms with Gasteiger partial charge in [-0.15, -0.1) is 10.2 Å². The maximum Gasteiger partial charge on any atom is 0.231 e. The van der Waals surface area contributed by atoms with Crippen molar-refractivity contribution in [2.24, 2.45) is 5.92 Å². The van der Waals surface area contributed by atoms with Crippen molar-refractivity contribution in [3.05, 3.63) is 53.7 Å². The topological polar surface area (TPSA) is 57.0 Å². The van der Waals surface area contributed by atoms with Gasteiger partial charge in [0.25, 0.3) is 0 Å². The van der Waals surface area contributed by atoms with Crippen LogP contribution in [0.25, 0.3) is 5.65 Å². The number of nitrogens with zero attached hydrogens (tertiary/aromatic N) is 6. The summed E-state index contributed by atoms with van der Waals surface area (Å²) in [6.45, 7) is 9.21. The van der Waals surface area contributed by atoms with Crippen LogP contribution in [0.1, 0.15) is 24.1 Å². The molecule has 1 aromatic carbocycles. The summed E-state index contributed by atoms with van der Waals surface area (Å²) >= 11 is 0. The standard InChI is InChI=1S/C24H30N6O/c1-18-7-3-4-10-21(18)27-13-15-28(16-14-27)23(31)20-9-6-12-29(17-20)24-26-25-22-11-5-8-19(2)30(22)24/h3-5,7-8,10-11,20H,6,9,12-17H2,1-2H3/t20-/m1/s1. The van der Waals surface area contributed by atoms with E-state index < -0.39 is 0 Å². The van der Waals surface area contributed by atoms with Crippen molar-refractivity contribution in [2.75, 3.05) is 49.1 Å². The molecule has 2 fully saturated rings. The van der Waals surface area contributed by atoms with Gasteiger partial charge >= 0.3 is 0 Å². The summed E-state index contributed by atoms with van der Waals surface area (Å²) in [6.07, 6.45) is 1.95. The number of hydrogen-bond donors (Lipinski definition) is 0. The van der Waals surface area contributed by atoms with Crippen molar-refractivity contribution in [3.8, 4) is 0 Å². The molecule has 162 valence electrons. The summed E-state index contributed by atoms with van der Waals surface area (Å²) in [5.74, 6) is 1.17. The Morgan fingerprint density at radius 2 is 1.71 bits per heavy atom. The van der Waals surface area contributed by atoms with E-state index in [1.807, 2.05) is 12.1 Å². The molecular weight excluding hydrogens is 388 g/mol. The van der Waals surface area contributed by atoms with Gasteiger partial charge < -0.3 is 14.7 Å². The fraction of sp³-hybridized carbons (Fsp3) is 0.458. The number of amides is 1. The van der Waals surface area contributed by atoms with Crippen LogP contribution in [-0.2, 0) is 4.79 Å². The van der Waals surface area contributed by atoms with Crippen LogP contribution in [0, 0.1) is 19.8 Å². The van der Waals surface area contributed by atoms with Crippen molar-refractivity contribution < 1.29 is 4.79 Å². The molecule has 1 amide bonds. The van der Waals surface area contributed by atoms with Gasteiger partial charge in [-0.1, -0.05) is 24.3 Å². The Bertz CT molecular complexity index is 1080. The van der Waals surface area contributed by atoms with Gasteiger partial charge in [-0.2, -0.15) is 0 Å². The molecule has 5 rings (SSSR count). The zero-order valence-corrected chi connectivity index (χ0v) is 18.4. The Morgan fingerprint density at radius 3 is 2.52 bits per heavy atom. The van der Waals surface area contributed by atoms with Gasteiger partial charge in [-0.3, -0.25) is 9.20 Å². The SMILES string of the molecule is Cc1ccccc1N1CCN(C(=O)[C@@H]2CCCN(c3nnc4cccc(C)n34)C2)CC1. The molecule has 0 aliphatic carbocycles. The second-order valence-electron chi connectivity index (χ2n) is 8.74. The highest BCUT2D eigenvalue weighted by Gasteiger charge is 2.32. The average Bonchev–Trinajstić information content (AvgIpc) is 3.25. The lowest BCUT2D eigenvalue weighted by molar-refractivity contribution is -0.136. The summed E-state index contributed by atoms with van der Waals surface area (Å²) in [5.41, 5.74) is 4.54. The number of piperazine rings is 1. The molecule has 7 nitrogen and oxygen atoms in total. The maximum absolute atomic E-state index is 13.3. The average molecular weight is 419 g/mol. The van der Waals surface area contributed by atoms with Crippen LogP contribution in [0.5, 0.6) is 0 Å². The molecule has 2 saturated heterocycles. The normalized spacial score (nSPS) is 19.8. The minimum Gasteiger partial charge on any atom is -0.368 e. The van der Waals surface area contributed by atoms with Gasteiger partial charge in [0, 0.05) is 50.6 Å². The number of carbonyl (C=O) groups is 1. The molecule has 0 unspecified atom stereocenters. The van der Waals surface area contributed by atoms with Gasteiger partial charge in [0.1, 0.15) is 0 Å². The predicted molar refractivity (Wildman–Crippen MR) is 123 cm³/mol. The van der Waals surface area contributed by atoms with E-state index in [9.17, 15) is 4.79 Å². The van der Waals surface area contributed by atoms with Gasteiger partial charge in [-0.05, 0) is 50.5 Å². The third-order valence-electron chi connectivity index (χ3n) is 6.71. The number of anilines is 2. The molecule has 0 N–H and O–H groups in total. The second kappa shape index (κ2) is 8.21. The van der Waals surface area contributed by atoms with Gasteiger partial charge in [-0.25, -0.2) is 0 Å². The Labute approximate surface area is 183 Å². The number of aromatic nitrogens is 3. The first-order chi connectivity index (χ1) is 15.1. The quantitative estimate of drug-likeness (QED) is 0.655. The maximum atomic E-state index is 13.3. The van der Waals surface area contributed by atoms with Crippen LogP contribution in [0.4, 0.5) is 11.6 Å². The summed E-state index contributed by atoms with van der Waals surface area (Å²) in [6, 6.07) is 14.5. The van der Waals surface area contributed by atoms with Crippen LogP contribution in [-0.4, -0.2) is 64.7 Å².